The molecule has 0 bridgehead atoms. The highest BCUT2D eigenvalue weighted by molar-refractivity contribution is 5.48. The second-order valence-corrected chi connectivity index (χ2v) is 5.33. The minimum atomic E-state index is 0.261. The molecule has 0 fully saturated rings. The monoisotopic (exact) mass is 268 g/mol. The van der Waals surface area contributed by atoms with E-state index in [4.69, 9.17) is 0 Å². The maximum Gasteiger partial charge on any atom is 0.0579 e. The van der Waals surface area contributed by atoms with Crippen molar-refractivity contribution in [2.45, 2.75) is 19.9 Å². The van der Waals surface area contributed by atoms with E-state index in [-0.39, 0.29) is 6.04 Å². The summed E-state index contributed by atoms with van der Waals surface area (Å²) in [6.45, 7) is 5.28. The number of hydrogen-bond acceptors (Lipinski definition) is 2. The van der Waals surface area contributed by atoms with Crippen LogP contribution in [-0.4, -0.2) is 20.6 Å². The predicted molar refractivity (Wildman–Crippen MR) is 87.5 cm³/mol. The third kappa shape index (κ3) is 3.20. The van der Waals surface area contributed by atoms with Gasteiger partial charge in [-0.3, -0.25) is 0 Å². The number of nitrogens with one attached hydrogen (secondary N) is 1. The Morgan fingerprint density at radius 1 is 1.00 bits per heavy atom. The molecule has 0 aliphatic carbocycles. The Morgan fingerprint density at radius 2 is 1.65 bits per heavy atom. The van der Waals surface area contributed by atoms with Crippen molar-refractivity contribution >= 4 is 5.69 Å². The zero-order chi connectivity index (χ0) is 14.5. The van der Waals surface area contributed by atoms with Gasteiger partial charge in [0.1, 0.15) is 0 Å². The van der Waals surface area contributed by atoms with Gasteiger partial charge in [-0.25, -0.2) is 0 Å². The number of rotatable bonds is 5. The molecule has 106 valence electrons. The summed E-state index contributed by atoms with van der Waals surface area (Å²) in [6, 6.07) is 17.6. The Hall–Kier alpha value is -1.80. The third-order valence-corrected chi connectivity index (χ3v) is 3.65. The van der Waals surface area contributed by atoms with E-state index in [0.29, 0.717) is 0 Å². The second kappa shape index (κ2) is 6.58. The van der Waals surface area contributed by atoms with Crippen molar-refractivity contribution in [3.63, 3.8) is 0 Å². The highest BCUT2D eigenvalue weighted by atomic mass is 15.1. The van der Waals surface area contributed by atoms with Gasteiger partial charge < -0.3 is 10.2 Å². The second-order valence-electron chi connectivity index (χ2n) is 5.33. The van der Waals surface area contributed by atoms with Gasteiger partial charge in [-0.2, -0.15) is 0 Å². The molecular weight excluding hydrogens is 244 g/mol. The largest absolute Gasteiger partial charge is 0.378 e. The van der Waals surface area contributed by atoms with E-state index < -0.39 is 0 Å². The molecule has 20 heavy (non-hydrogen) atoms. The number of nitrogens with zero attached hydrogens (tertiary/aromatic N) is 1. The zero-order valence-corrected chi connectivity index (χ0v) is 12.9. The van der Waals surface area contributed by atoms with Crippen LogP contribution < -0.4 is 10.2 Å². The van der Waals surface area contributed by atoms with Crippen LogP contribution in [0.4, 0.5) is 5.69 Å². The fourth-order valence-electron chi connectivity index (χ4n) is 2.49. The van der Waals surface area contributed by atoms with Crippen molar-refractivity contribution in [3.05, 3.63) is 65.2 Å². The number of anilines is 1. The topological polar surface area (TPSA) is 15.3 Å². The molecule has 0 spiro atoms. The first-order valence-electron chi connectivity index (χ1n) is 7.19. The first-order valence-corrected chi connectivity index (χ1v) is 7.19. The Bertz CT molecular complexity index is 544. The first-order chi connectivity index (χ1) is 9.63. The summed E-state index contributed by atoms with van der Waals surface area (Å²) in [5.74, 6) is 0. The normalized spacial score (nSPS) is 12.2. The van der Waals surface area contributed by atoms with Crippen LogP contribution in [0.15, 0.2) is 48.5 Å². The number of benzene rings is 2. The summed E-state index contributed by atoms with van der Waals surface area (Å²) in [6.07, 6.45) is 0. The molecule has 0 saturated carbocycles. The third-order valence-electron chi connectivity index (χ3n) is 3.65. The lowest BCUT2D eigenvalue weighted by molar-refractivity contribution is 0.628. The standard InChI is InChI=1S/C18H24N2/c1-5-19-18(17-9-7-6-8-14(17)2)15-10-12-16(13-11-15)20(3)4/h6-13,18-19H,5H2,1-4H3. The quantitative estimate of drug-likeness (QED) is 0.888. The molecule has 0 aromatic heterocycles. The van der Waals surface area contributed by atoms with E-state index in [9.17, 15) is 0 Å². The number of aryl methyl sites for hydroxylation is 1. The predicted octanol–water partition coefficient (Wildman–Crippen LogP) is 3.76. The summed E-state index contributed by atoms with van der Waals surface area (Å²) in [4.78, 5) is 2.12. The van der Waals surface area contributed by atoms with E-state index >= 15 is 0 Å². The van der Waals surface area contributed by atoms with Gasteiger partial charge in [-0.05, 0) is 42.3 Å². The highest BCUT2D eigenvalue weighted by Gasteiger charge is 2.14. The van der Waals surface area contributed by atoms with E-state index in [1.54, 1.807) is 0 Å². The smallest absolute Gasteiger partial charge is 0.0579 e. The molecule has 2 nitrogen and oxygen atoms in total. The minimum absolute atomic E-state index is 0.261. The molecule has 0 aliphatic heterocycles. The molecule has 1 unspecified atom stereocenters. The lowest BCUT2D eigenvalue weighted by Crippen LogP contribution is -2.22. The molecule has 0 amide bonds. The highest BCUT2D eigenvalue weighted by Crippen LogP contribution is 2.26. The van der Waals surface area contributed by atoms with Gasteiger partial charge >= 0.3 is 0 Å². The molecule has 0 radical (unpaired) electrons. The average molecular weight is 268 g/mol. The minimum Gasteiger partial charge on any atom is -0.378 e. The van der Waals surface area contributed by atoms with Crippen LogP contribution in [0.25, 0.3) is 0 Å². The SMILES string of the molecule is CCNC(c1ccc(N(C)C)cc1)c1ccccc1C. The van der Waals surface area contributed by atoms with E-state index in [1.807, 2.05) is 0 Å². The summed E-state index contributed by atoms with van der Waals surface area (Å²) >= 11 is 0. The van der Waals surface area contributed by atoms with Gasteiger partial charge in [-0.15, -0.1) is 0 Å². The van der Waals surface area contributed by atoms with Gasteiger partial charge in [-0.1, -0.05) is 43.3 Å². The molecule has 1 atom stereocenters. The van der Waals surface area contributed by atoms with Crippen molar-refractivity contribution in [2.75, 3.05) is 25.5 Å². The van der Waals surface area contributed by atoms with Crippen LogP contribution in [-0.2, 0) is 0 Å². The molecular formula is C18H24N2. The molecule has 0 saturated heterocycles. The Kier molecular flexibility index (Phi) is 4.80. The van der Waals surface area contributed by atoms with Gasteiger partial charge in [0.05, 0.1) is 6.04 Å². The van der Waals surface area contributed by atoms with Gasteiger partial charge in [0.15, 0.2) is 0 Å². The van der Waals surface area contributed by atoms with Gasteiger partial charge in [0.25, 0.3) is 0 Å². The van der Waals surface area contributed by atoms with Crippen molar-refractivity contribution in [2.24, 2.45) is 0 Å². The molecule has 0 heterocycles. The maximum atomic E-state index is 3.59. The molecule has 2 rings (SSSR count). The lowest BCUT2D eigenvalue weighted by Gasteiger charge is -2.22. The van der Waals surface area contributed by atoms with Crippen LogP contribution in [0.3, 0.4) is 0 Å². The summed E-state index contributed by atoms with van der Waals surface area (Å²) in [5, 5.41) is 3.59. The number of hydrogen-bond donors (Lipinski definition) is 1. The Morgan fingerprint density at radius 3 is 2.20 bits per heavy atom. The van der Waals surface area contributed by atoms with Crippen LogP contribution in [0, 0.1) is 6.92 Å². The van der Waals surface area contributed by atoms with E-state index in [1.165, 1.54) is 22.4 Å². The van der Waals surface area contributed by atoms with Crippen molar-refractivity contribution in [1.82, 2.24) is 5.32 Å². The lowest BCUT2D eigenvalue weighted by atomic mass is 9.95. The Labute approximate surface area is 122 Å². The van der Waals surface area contributed by atoms with E-state index in [2.05, 4.69) is 86.7 Å². The molecule has 0 aliphatic rings. The molecule has 2 heteroatoms. The van der Waals surface area contributed by atoms with Gasteiger partial charge in [0.2, 0.25) is 0 Å². The molecule has 2 aromatic carbocycles. The first kappa shape index (κ1) is 14.6. The molecule has 2 aromatic rings. The van der Waals surface area contributed by atoms with Crippen LogP contribution >= 0.6 is 0 Å². The fraction of sp³-hybridized carbons (Fsp3) is 0.333. The van der Waals surface area contributed by atoms with Crippen LogP contribution in [0.1, 0.15) is 29.7 Å². The summed E-state index contributed by atoms with van der Waals surface area (Å²) in [7, 11) is 4.14. The summed E-state index contributed by atoms with van der Waals surface area (Å²) in [5.41, 5.74) is 5.22. The van der Waals surface area contributed by atoms with Crippen LogP contribution in [0.2, 0.25) is 0 Å². The van der Waals surface area contributed by atoms with Crippen molar-refractivity contribution in [1.29, 1.82) is 0 Å². The van der Waals surface area contributed by atoms with E-state index in [0.717, 1.165) is 6.54 Å². The van der Waals surface area contributed by atoms with Gasteiger partial charge in [0, 0.05) is 19.8 Å². The Balaban J connectivity index is 2.36. The van der Waals surface area contributed by atoms with Crippen molar-refractivity contribution in [3.8, 4) is 0 Å². The maximum absolute atomic E-state index is 3.59. The average Bonchev–Trinajstić information content (AvgIpc) is 2.46. The van der Waals surface area contributed by atoms with Crippen molar-refractivity contribution < 1.29 is 0 Å². The van der Waals surface area contributed by atoms with Crippen LogP contribution in [0.5, 0.6) is 0 Å². The zero-order valence-electron chi connectivity index (χ0n) is 12.9. The summed E-state index contributed by atoms with van der Waals surface area (Å²) < 4.78 is 0. The molecule has 1 N–H and O–H groups in total. The fourth-order valence-corrected chi connectivity index (χ4v) is 2.49.